The van der Waals surface area contributed by atoms with Crippen LogP contribution in [0.25, 0.3) is 0 Å². The summed E-state index contributed by atoms with van der Waals surface area (Å²) in [6.07, 6.45) is 3.89. The number of nitrogens with zero attached hydrogens (tertiary/aromatic N) is 2. The second-order valence-electron chi connectivity index (χ2n) is 2.45. The number of carbonyl (C=O) groups excluding carboxylic acids is 1. The molecule has 5 heteroatoms. The molecular formula is C7H11BrN2O2. The number of hydroxylamine groups is 2. The van der Waals surface area contributed by atoms with Crippen LogP contribution >= 0.6 is 16.1 Å². The predicted molar refractivity (Wildman–Crippen MR) is 47.6 cm³/mol. The number of hydrogen-bond donors (Lipinski definition) is 0. The van der Waals surface area contributed by atoms with E-state index in [4.69, 9.17) is 4.84 Å². The maximum Gasteiger partial charge on any atom is 0.332 e. The molecular weight excluding hydrogens is 224 g/mol. The normalized spacial score (nSPS) is 21.8. The number of carbonyl (C=O) groups is 1. The van der Waals surface area contributed by atoms with Crippen LogP contribution in [0.5, 0.6) is 0 Å². The minimum absolute atomic E-state index is 0.0144. The van der Waals surface area contributed by atoms with Crippen molar-refractivity contribution in [2.75, 3.05) is 0 Å². The molecule has 0 amide bonds. The average Bonchev–Trinajstić information content (AvgIpc) is 2.36. The zero-order chi connectivity index (χ0) is 9.14. The summed E-state index contributed by atoms with van der Waals surface area (Å²) in [6, 6.07) is 0. The highest BCUT2D eigenvalue weighted by molar-refractivity contribution is 9.07. The third-order valence-electron chi connectivity index (χ3n) is 1.58. The third-order valence-corrected chi connectivity index (χ3v) is 2.41. The summed E-state index contributed by atoms with van der Waals surface area (Å²) >= 11 is 3.27. The third kappa shape index (κ3) is 1.91. The lowest BCUT2D eigenvalue weighted by Crippen LogP contribution is -2.32. The van der Waals surface area contributed by atoms with Crippen molar-refractivity contribution in [2.24, 2.45) is 0 Å². The van der Waals surface area contributed by atoms with Gasteiger partial charge in [0.25, 0.3) is 0 Å². The van der Waals surface area contributed by atoms with Gasteiger partial charge in [0.05, 0.1) is 22.3 Å². The van der Waals surface area contributed by atoms with Crippen molar-refractivity contribution < 1.29 is 9.63 Å². The standard InChI is InChI=1S/C7H11BrN2O2/c1-3-7(11)12-10-5-4-9(8)6(10)2/h4-6H,3H2,1-2H3. The zero-order valence-corrected chi connectivity index (χ0v) is 8.61. The van der Waals surface area contributed by atoms with Gasteiger partial charge in [0.1, 0.15) is 6.17 Å². The van der Waals surface area contributed by atoms with Gasteiger partial charge in [-0.05, 0) is 6.92 Å². The first-order chi connectivity index (χ1) is 5.65. The average molecular weight is 235 g/mol. The summed E-state index contributed by atoms with van der Waals surface area (Å²) in [4.78, 5) is 15.9. The Bertz CT molecular complexity index is 208. The molecule has 0 N–H and O–H groups in total. The van der Waals surface area contributed by atoms with Crippen LogP contribution in [0.2, 0.25) is 0 Å². The fourth-order valence-electron chi connectivity index (χ4n) is 0.776. The molecule has 0 aromatic carbocycles. The Balaban J connectivity index is 2.44. The highest BCUT2D eigenvalue weighted by atomic mass is 79.9. The van der Waals surface area contributed by atoms with Gasteiger partial charge in [-0.2, -0.15) is 5.06 Å². The monoisotopic (exact) mass is 234 g/mol. The van der Waals surface area contributed by atoms with E-state index < -0.39 is 0 Å². The minimum atomic E-state index is -0.227. The lowest BCUT2D eigenvalue weighted by atomic mass is 10.5. The molecule has 68 valence electrons. The molecule has 1 rings (SSSR count). The van der Waals surface area contributed by atoms with Crippen LogP contribution in [0.1, 0.15) is 20.3 Å². The van der Waals surface area contributed by atoms with E-state index in [1.807, 2.05) is 6.92 Å². The van der Waals surface area contributed by atoms with E-state index in [-0.39, 0.29) is 12.1 Å². The summed E-state index contributed by atoms with van der Waals surface area (Å²) in [5, 5.41) is 1.50. The van der Waals surface area contributed by atoms with Gasteiger partial charge in [-0.1, -0.05) is 6.92 Å². The molecule has 0 fully saturated rings. The van der Waals surface area contributed by atoms with Gasteiger partial charge in [0.2, 0.25) is 0 Å². The SMILES string of the molecule is CCC(=O)ON1C=CN(Br)C1C. The Labute approximate surface area is 80.1 Å². The maximum absolute atomic E-state index is 10.9. The second-order valence-corrected chi connectivity index (χ2v) is 3.27. The topological polar surface area (TPSA) is 32.8 Å². The largest absolute Gasteiger partial charge is 0.339 e. The molecule has 0 aromatic heterocycles. The first kappa shape index (κ1) is 9.38. The van der Waals surface area contributed by atoms with Gasteiger partial charge in [0, 0.05) is 12.6 Å². The lowest BCUT2D eigenvalue weighted by Gasteiger charge is -2.23. The number of hydrogen-bond acceptors (Lipinski definition) is 4. The Morgan fingerprint density at radius 2 is 2.33 bits per heavy atom. The van der Waals surface area contributed by atoms with Gasteiger partial charge >= 0.3 is 5.97 Å². The molecule has 1 heterocycles. The molecule has 1 atom stereocenters. The van der Waals surface area contributed by atoms with E-state index >= 15 is 0 Å². The van der Waals surface area contributed by atoms with Gasteiger partial charge in [0.15, 0.2) is 0 Å². The van der Waals surface area contributed by atoms with E-state index in [0.717, 1.165) is 0 Å². The molecule has 1 unspecified atom stereocenters. The van der Waals surface area contributed by atoms with Crippen LogP contribution in [0.3, 0.4) is 0 Å². The number of rotatable bonds is 2. The van der Waals surface area contributed by atoms with Crippen LogP contribution < -0.4 is 0 Å². The summed E-state index contributed by atoms with van der Waals surface area (Å²) in [5.74, 6) is -0.227. The summed E-state index contributed by atoms with van der Waals surface area (Å²) in [5.41, 5.74) is 0. The molecule has 0 bridgehead atoms. The predicted octanol–water partition coefficient (Wildman–Crippen LogP) is 1.60. The minimum Gasteiger partial charge on any atom is -0.339 e. The first-order valence-electron chi connectivity index (χ1n) is 3.76. The maximum atomic E-state index is 10.9. The second kappa shape index (κ2) is 3.80. The van der Waals surface area contributed by atoms with Crippen LogP contribution in [0.4, 0.5) is 0 Å². The van der Waals surface area contributed by atoms with Gasteiger partial charge in [-0.15, -0.1) is 0 Å². The van der Waals surface area contributed by atoms with E-state index in [9.17, 15) is 4.79 Å². The highest BCUT2D eigenvalue weighted by Crippen LogP contribution is 2.19. The quantitative estimate of drug-likeness (QED) is 0.680. The Hall–Kier alpha value is -0.710. The fourth-order valence-corrected chi connectivity index (χ4v) is 1.06. The van der Waals surface area contributed by atoms with Crippen molar-refractivity contribution >= 4 is 22.1 Å². The van der Waals surface area contributed by atoms with Gasteiger partial charge in [-0.25, -0.2) is 4.79 Å². The van der Waals surface area contributed by atoms with Crippen LogP contribution in [-0.2, 0) is 9.63 Å². The molecule has 1 aliphatic heterocycles. The molecule has 0 aromatic rings. The summed E-state index contributed by atoms with van der Waals surface area (Å²) in [7, 11) is 0. The van der Waals surface area contributed by atoms with E-state index in [2.05, 4.69) is 16.1 Å². The molecule has 1 aliphatic rings. The van der Waals surface area contributed by atoms with Crippen molar-refractivity contribution in [1.29, 1.82) is 0 Å². The smallest absolute Gasteiger partial charge is 0.332 e. The molecule has 0 aliphatic carbocycles. The van der Waals surface area contributed by atoms with Gasteiger partial charge < -0.3 is 4.84 Å². The lowest BCUT2D eigenvalue weighted by molar-refractivity contribution is -0.186. The molecule has 0 saturated carbocycles. The van der Waals surface area contributed by atoms with Crippen LogP contribution in [0, 0.1) is 0 Å². The van der Waals surface area contributed by atoms with Crippen LogP contribution in [0.15, 0.2) is 12.4 Å². The van der Waals surface area contributed by atoms with E-state index in [1.54, 1.807) is 23.2 Å². The first-order valence-corrected chi connectivity index (χ1v) is 4.47. The van der Waals surface area contributed by atoms with Gasteiger partial charge in [-0.3, -0.25) is 3.93 Å². The Morgan fingerprint density at radius 3 is 2.75 bits per heavy atom. The zero-order valence-electron chi connectivity index (χ0n) is 7.03. The molecule has 4 nitrogen and oxygen atoms in total. The summed E-state index contributed by atoms with van der Waals surface area (Å²) < 4.78 is 1.77. The Kier molecular flexibility index (Phi) is 2.97. The molecule has 0 radical (unpaired) electrons. The van der Waals surface area contributed by atoms with Crippen molar-refractivity contribution in [3.63, 3.8) is 0 Å². The molecule has 0 spiro atoms. The van der Waals surface area contributed by atoms with E-state index in [0.29, 0.717) is 6.42 Å². The molecule has 0 saturated heterocycles. The fraction of sp³-hybridized carbons (Fsp3) is 0.571. The highest BCUT2D eigenvalue weighted by Gasteiger charge is 2.22. The van der Waals surface area contributed by atoms with E-state index in [1.165, 1.54) is 5.06 Å². The van der Waals surface area contributed by atoms with Crippen molar-refractivity contribution in [3.8, 4) is 0 Å². The molecule has 12 heavy (non-hydrogen) atoms. The number of halogens is 1. The Morgan fingerprint density at radius 1 is 1.67 bits per heavy atom. The van der Waals surface area contributed by atoms with Crippen molar-refractivity contribution in [3.05, 3.63) is 12.4 Å². The summed E-state index contributed by atoms with van der Waals surface area (Å²) in [6.45, 7) is 3.68. The van der Waals surface area contributed by atoms with Crippen molar-refractivity contribution in [2.45, 2.75) is 26.4 Å². The van der Waals surface area contributed by atoms with Crippen molar-refractivity contribution in [1.82, 2.24) is 8.99 Å². The van der Waals surface area contributed by atoms with Crippen LogP contribution in [-0.4, -0.2) is 21.1 Å².